The largest absolute Gasteiger partial charge is 0.486 e. The van der Waals surface area contributed by atoms with Crippen LogP contribution in [0, 0.1) is 0 Å². The minimum absolute atomic E-state index is 0.0287. The minimum Gasteiger partial charge on any atom is -0.486 e. The van der Waals surface area contributed by atoms with Crippen molar-refractivity contribution in [3.8, 4) is 11.5 Å². The van der Waals surface area contributed by atoms with Gasteiger partial charge in [0.05, 0.1) is 13.0 Å². The molecule has 2 aliphatic heterocycles. The molecule has 23 heavy (non-hydrogen) atoms. The monoisotopic (exact) mass is 321 g/mol. The number of hydrogen-bond donors (Lipinski definition) is 2. The van der Waals surface area contributed by atoms with Gasteiger partial charge in [-0.25, -0.2) is 0 Å². The normalized spacial score (nSPS) is 26.6. The SMILES string of the molecule is C[C@@H]1C[NH+](CCC(=O)Nc2ccc3c(c2)OCCO3)C[C@H](C)O1. The predicted octanol–water partition coefficient (Wildman–Crippen LogP) is 0.479. The summed E-state index contributed by atoms with van der Waals surface area (Å²) in [5.41, 5.74) is 0.748. The number of quaternary nitrogens is 1. The zero-order valence-corrected chi connectivity index (χ0v) is 13.8. The average Bonchev–Trinajstić information content (AvgIpc) is 2.52. The quantitative estimate of drug-likeness (QED) is 0.847. The van der Waals surface area contributed by atoms with E-state index < -0.39 is 0 Å². The van der Waals surface area contributed by atoms with Crippen LogP contribution in [0.4, 0.5) is 5.69 Å². The Morgan fingerprint density at radius 1 is 1.17 bits per heavy atom. The first-order valence-corrected chi connectivity index (χ1v) is 8.28. The maximum atomic E-state index is 12.2. The molecule has 0 aromatic heterocycles. The standard InChI is InChI=1S/C17H24N2O4/c1-12-10-19(11-13(2)23-12)6-5-17(20)18-14-3-4-15-16(9-14)22-8-7-21-15/h3-4,9,12-13H,5-8,10-11H2,1-2H3,(H,18,20)/p+1/t12-,13+. The maximum absolute atomic E-state index is 12.2. The van der Waals surface area contributed by atoms with E-state index in [-0.39, 0.29) is 18.1 Å². The summed E-state index contributed by atoms with van der Waals surface area (Å²) in [6.45, 7) is 8.03. The Balaban J connectivity index is 1.49. The molecular weight excluding hydrogens is 296 g/mol. The summed E-state index contributed by atoms with van der Waals surface area (Å²) in [7, 11) is 0. The Hall–Kier alpha value is -1.79. The number of carbonyl (C=O) groups excluding carboxylic acids is 1. The van der Waals surface area contributed by atoms with Gasteiger partial charge in [-0.15, -0.1) is 0 Å². The molecule has 0 aliphatic carbocycles. The van der Waals surface area contributed by atoms with Crippen LogP contribution >= 0.6 is 0 Å². The highest BCUT2D eigenvalue weighted by Gasteiger charge is 2.25. The molecule has 6 nitrogen and oxygen atoms in total. The number of rotatable bonds is 4. The van der Waals surface area contributed by atoms with E-state index in [1.807, 2.05) is 18.2 Å². The van der Waals surface area contributed by atoms with E-state index in [1.165, 1.54) is 4.90 Å². The zero-order valence-electron chi connectivity index (χ0n) is 13.8. The second-order valence-corrected chi connectivity index (χ2v) is 6.32. The molecule has 0 bridgehead atoms. The topological polar surface area (TPSA) is 61.2 Å². The molecule has 126 valence electrons. The molecule has 1 amide bonds. The van der Waals surface area contributed by atoms with E-state index in [2.05, 4.69) is 19.2 Å². The van der Waals surface area contributed by atoms with Crippen LogP contribution < -0.4 is 19.7 Å². The molecule has 3 rings (SSSR count). The van der Waals surface area contributed by atoms with Gasteiger partial charge in [0.2, 0.25) is 5.91 Å². The van der Waals surface area contributed by atoms with Crippen LogP contribution in [0.5, 0.6) is 11.5 Å². The van der Waals surface area contributed by atoms with E-state index in [1.54, 1.807) is 0 Å². The summed E-state index contributed by atoms with van der Waals surface area (Å²) < 4.78 is 16.7. The summed E-state index contributed by atoms with van der Waals surface area (Å²) in [5, 5.41) is 2.93. The molecule has 1 fully saturated rings. The van der Waals surface area contributed by atoms with Crippen molar-refractivity contribution in [2.24, 2.45) is 0 Å². The average molecular weight is 321 g/mol. The molecule has 0 spiro atoms. The molecule has 2 N–H and O–H groups in total. The Morgan fingerprint density at radius 3 is 2.61 bits per heavy atom. The van der Waals surface area contributed by atoms with Gasteiger partial charge in [0.25, 0.3) is 0 Å². The van der Waals surface area contributed by atoms with Crippen molar-refractivity contribution in [3.05, 3.63) is 18.2 Å². The lowest BCUT2D eigenvalue weighted by molar-refractivity contribution is -0.914. The molecule has 2 aliphatic rings. The van der Waals surface area contributed by atoms with Gasteiger partial charge in [-0.05, 0) is 26.0 Å². The summed E-state index contributed by atoms with van der Waals surface area (Å²) in [4.78, 5) is 13.6. The van der Waals surface area contributed by atoms with E-state index in [0.717, 1.165) is 31.1 Å². The van der Waals surface area contributed by atoms with E-state index in [0.29, 0.717) is 25.4 Å². The van der Waals surface area contributed by atoms with Gasteiger partial charge in [0.1, 0.15) is 38.5 Å². The van der Waals surface area contributed by atoms with Gasteiger partial charge in [-0.2, -0.15) is 0 Å². The number of amides is 1. The van der Waals surface area contributed by atoms with Crippen LogP contribution in [-0.4, -0.2) is 51.0 Å². The van der Waals surface area contributed by atoms with E-state index in [9.17, 15) is 4.79 Å². The molecule has 1 unspecified atom stereocenters. The first-order chi connectivity index (χ1) is 11.1. The summed E-state index contributed by atoms with van der Waals surface area (Å²) in [6, 6.07) is 5.50. The highest BCUT2D eigenvalue weighted by atomic mass is 16.6. The fourth-order valence-corrected chi connectivity index (χ4v) is 3.23. The molecule has 0 saturated carbocycles. The number of carbonyl (C=O) groups is 1. The molecule has 1 saturated heterocycles. The Kier molecular flexibility index (Phi) is 5.03. The summed E-state index contributed by atoms with van der Waals surface area (Å²) in [5.74, 6) is 1.45. The van der Waals surface area contributed by atoms with Crippen molar-refractivity contribution < 1.29 is 23.9 Å². The highest BCUT2D eigenvalue weighted by molar-refractivity contribution is 5.91. The minimum atomic E-state index is 0.0287. The van der Waals surface area contributed by atoms with Gasteiger partial charge in [0, 0.05) is 11.8 Å². The first-order valence-electron chi connectivity index (χ1n) is 8.28. The van der Waals surface area contributed by atoms with Crippen LogP contribution in [0.2, 0.25) is 0 Å². The Labute approximate surface area is 136 Å². The fraction of sp³-hybridized carbons (Fsp3) is 0.588. The molecular formula is C17H25N2O4+. The zero-order chi connectivity index (χ0) is 16.2. The first kappa shape index (κ1) is 16.1. The number of fused-ring (bicyclic) bond motifs is 1. The smallest absolute Gasteiger partial charge is 0.230 e. The van der Waals surface area contributed by atoms with Gasteiger partial charge in [-0.1, -0.05) is 0 Å². The third-order valence-corrected chi connectivity index (χ3v) is 4.15. The van der Waals surface area contributed by atoms with Gasteiger partial charge < -0.3 is 24.4 Å². The maximum Gasteiger partial charge on any atom is 0.230 e. The molecule has 6 heteroatoms. The van der Waals surface area contributed by atoms with Crippen LogP contribution in [0.15, 0.2) is 18.2 Å². The van der Waals surface area contributed by atoms with Gasteiger partial charge in [0.15, 0.2) is 11.5 Å². The Bertz CT molecular complexity index is 554. The number of ether oxygens (including phenoxy) is 3. The third-order valence-electron chi connectivity index (χ3n) is 4.15. The van der Waals surface area contributed by atoms with Crippen LogP contribution in [0.1, 0.15) is 20.3 Å². The molecule has 3 atom stereocenters. The molecule has 1 aromatic rings. The number of hydrogen-bond acceptors (Lipinski definition) is 4. The van der Waals surface area contributed by atoms with Crippen molar-refractivity contribution in [1.82, 2.24) is 0 Å². The molecule has 2 heterocycles. The summed E-state index contributed by atoms with van der Waals surface area (Å²) >= 11 is 0. The number of anilines is 1. The van der Waals surface area contributed by atoms with E-state index >= 15 is 0 Å². The molecule has 0 radical (unpaired) electrons. The fourth-order valence-electron chi connectivity index (χ4n) is 3.23. The van der Waals surface area contributed by atoms with Crippen molar-refractivity contribution in [3.63, 3.8) is 0 Å². The predicted molar refractivity (Wildman–Crippen MR) is 86.3 cm³/mol. The summed E-state index contributed by atoms with van der Waals surface area (Å²) in [6.07, 6.45) is 1.02. The lowest BCUT2D eigenvalue weighted by Gasteiger charge is -2.32. The lowest BCUT2D eigenvalue weighted by Crippen LogP contribution is -3.15. The van der Waals surface area contributed by atoms with Crippen LogP contribution in [-0.2, 0) is 9.53 Å². The number of benzene rings is 1. The van der Waals surface area contributed by atoms with Crippen molar-refractivity contribution >= 4 is 11.6 Å². The van der Waals surface area contributed by atoms with Crippen molar-refractivity contribution in [1.29, 1.82) is 0 Å². The number of nitrogens with one attached hydrogen (secondary N) is 2. The second kappa shape index (κ2) is 7.19. The molecule has 1 aromatic carbocycles. The third kappa shape index (κ3) is 4.36. The highest BCUT2D eigenvalue weighted by Crippen LogP contribution is 2.32. The second-order valence-electron chi connectivity index (χ2n) is 6.32. The van der Waals surface area contributed by atoms with Crippen LogP contribution in [0.3, 0.4) is 0 Å². The lowest BCUT2D eigenvalue weighted by atomic mass is 10.2. The number of morpholine rings is 1. The Morgan fingerprint density at radius 2 is 1.87 bits per heavy atom. The van der Waals surface area contributed by atoms with Gasteiger partial charge in [-0.3, -0.25) is 4.79 Å². The van der Waals surface area contributed by atoms with E-state index in [4.69, 9.17) is 14.2 Å². The van der Waals surface area contributed by atoms with Crippen molar-refractivity contribution in [2.75, 3.05) is 38.2 Å². The van der Waals surface area contributed by atoms with Gasteiger partial charge >= 0.3 is 0 Å². The van der Waals surface area contributed by atoms with Crippen molar-refractivity contribution in [2.45, 2.75) is 32.5 Å². The van der Waals surface area contributed by atoms with Crippen LogP contribution in [0.25, 0.3) is 0 Å².